The minimum Gasteiger partial charge on any atom is -0.480 e. The van der Waals surface area contributed by atoms with Crippen molar-refractivity contribution in [1.29, 1.82) is 0 Å². The summed E-state index contributed by atoms with van der Waals surface area (Å²) >= 11 is 0. The van der Waals surface area contributed by atoms with E-state index in [9.17, 15) is 9.59 Å². The molecule has 0 heterocycles. The minimum absolute atomic E-state index is 0.119. The molecule has 6 unspecified atom stereocenters. The van der Waals surface area contributed by atoms with Gasteiger partial charge in [0, 0.05) is 6.42 Å². The molecule has 0 saturated heterocycles. The molecule has 3 fully saturated rings. The summed E-state index contributed by atoms with van der Waals surface area (Å²) in [4.78, 5) is 22.3. The van der Waals surface area contributed by atoms with Crippen LogP contribution in [0.2, 0.25) is 0 Å². The summed E-state index contributed by atoms with van der Waals surface area (Å²) in [6.45, 7) is 4.86. The SMILES string of the molecule is CC1CCC(CCCC(=O)NCC(=O)O)CCCC2C1CCC1(C)CCCCC21. The highest BCUT2D eigenvalue weighted by atomic mass is 16.4. The monoisotopic (exact) mass is 405 g/mol. The van der Waals surface area contributed by atoms with Gasteiger partial charge in [-0.3, -0.25) is 9.59 Å². The lowest BCUT2D eigenvalue weighted by molar-refractivity contribution is -0.137. The highest BCUT2D eigenvalue weighted by Gasteiger charge is 2.48. The Morgan fingerprint density at radius 3 is 2.59 bits per heavy atom. The van der Waals surface area contributed by atoms with E-state index in [1.807, 2.05) is 0 Å². The van der Waals surface area contributed by atoms with Crippen molar-refractivity contribution in [2.24, 2.45) is 35.0 Å². The number of hydrogen-bond donors (Lipinski definition) is 2. The van der Waals surface area contributed by atoms with E-state index < -0.39 is 5.97 Å². The molecular weight excluding hydrogens is 362 g/mol. The third-order valence-corrected chi connectivity index (χ3v) is 8.89. The third-order valence-electron chi connectivity index (χ3n) is 8.89. The number of nitrogens with one attached hydrogen (secondary N) is 1. The predicted octanol–water partition coefficient (Wildman–Crippen LogP) is 5.80. The Hall–Kier alpha value is -1.06. The number of carboxylic acid groups (broad SMARTS) is 1. The molecule has 3 rings (SSSR count). The number of carboxylic acids is 1. The van der Waals surface area contributed by atoms with Crippen LogP contribution in [0.3, 0.4) is 0 Å². The lowest BCUT2D eigenvalue weighted by Crippen LogP contribution is -2.45. The molecule has 0 aromatic carbocycles. The van der Waals surface area contributed by atoms with Crippen molar-refractivity contribution >= 4 is 11.9 Å². The molecule has 2 N–H and O–H groups in total. The van der Waals surface area contributed by atoms with Crippen LogP contribution in [0.1, 0.15) is 104 Å². The molecule has 0 aromatic rings. The normalized spacial score (nSPS) is 37.9. The molecule has 0 spiro atoms. The quantitative estimate of drug-likeness (QED) is 0.587. The first-order valence-electron chi connectivity index (χ1n) is 12.4. The largest absolute Gasteiger partial charge is 0.480 e. The second kappa shape index (κ2) is 10.3. The molecule has 6 atom stereocenters. The Morgan fingerprint density at radius 2 is 1.79 bits per heavy atom. The highest BCUT2D eigenvalue weighted by Crippen LogP contribution is 2.57. The zero-order valence-corrected chi connectivity index (χ0v) is 18.8. The van der Waals surface area contributed by atoms with Crippen LogP contribution in [0.5, 0.6) is 0 Å². The second-order valence-corrected chi connectivity index (χ2v) is 10.8. The highest BCUT2D eigenvalue weighted by molar-refractivity contribution is 5.80. The average Bonchev–Trinajstić information content (AvgIpc) is 2.76. The molecule has 29 heavy (non-hydrogen) atoms. The van der Waals surface area contributed by atoms with Gasteiger partial charge < -0.3 is 10.4 Å². The van der Waals surface area contributed by atoms with Crippen LogP contribution >= 0.6 is 0 Å². The fourth-order valence-electron chi connectivity index (χ4n) is 7.20. The van der Waals surface area contributed by atoms with Crippen LogP contribution in [0.25, 0.3) is 0 Å². The second-order valence-electron chi connectivity index (χ2n) is 10.8. The van der Waals surface area contributed by atoms with Crippen molar-refractivity contribution in [1.82, 2.24) is 5.32 Å². The smallest absolute Gasteiger partial charge is 0.322 e. The molecule has 4 heteroatoms. The molecular formula is C25H43NO3. The van der Waals surface area contributed by atoms with E-state index in [0.717, 1.165) is 42.4 Å². The Labute approximate surface area is 177 Å². The van der Waals surface area contributed by atoms with Gasteiger partial charge in [-0.2, -0.15) is 0 Å². The van der Waals surface area contributed by atoms with Gasteiger partial charge in [0.15, 0.2) is 0 Å². The molecule has 1 amide bonds. The Morgan fingerprint density at radius 1 is 0.966 bits per heavy atom. The number of aliphatic carboxylic acids is 1. The zero-order chi connectivity index (χ0) is 20.9. The number of carbonyl (C=O) groups is 2. The topological polar surface area (TPSA) is 66.4 Å². The van der Waals surface area contributed by atoms with Crippen molar-refractivity contribution in [3.8, 4) is 0 Å². The fourth-order valence-corrected chi connectivity index (χ4v) is 7.20. The van der Waals surface area contributed by atoms with Gasteiger partial charge in [0.1, 0.15) is 6.54 Å². The summed E-state index contributed by atoms with van der Waals surface area (Å²) in [6.07, 6.45) is 18.0. The summed E-state index contributed by atoms with van der Waals surface area (Å²) in [6, 6.07) is 0. The van der Waals surface area contributed by atoms with E-state index in [2.05, 4.69) is 19.2 Å². The molecule has 0 aliphatic heterocycles. The first kappa shape index (κ1) is 22.6. The first-order chi connectivity index (χ1) is 13.9. The van der Waals surface area contributed by atoms with Crippen LogP contribution in [0.15, 0.2) is 0 Å². The molecule has 4 nitrogen and oxygen atoms in total. The maximum atomic E-state index is 11.8. The Kier molecular flexibility index (Phi) is 8.04. The number of hydrogen-bond acceptors (Lipinski definition) is 2. The van der Waals surface area contributed by atoms with Crippen LogP contribution in [0, 0.1) is 35.0 Å². The van der Waals surface area contributed by atoms with Gasteiger partial charge in [-0.25, -0.2) is 0 Å². The van der Waals surface area contributed by atoms with E-state index >= 15 is 0 Å². The van der Waals surface area contributed by atoms with Gasteiger partial charge >= 0.3 is 5.97 Å². The standard InChI is InChI=1S/C25H43NO3/c1-18-12-13-19(8-6-11-23(27)26-17-24(28)29)7-5-9-21-20(18)14-16-25(2)15-4-3-10-22(21)25/h18-22H,3-17H2,1-2H3,(H,26,27)(H,28,29). The van der Waals surface area contributed by atoms with Crippen molar-refractivity contribution < 1.29 is 14.7 Å². The fraction of sp³-hybridized carbons (Fsp3) is 0.920. The molecule has 3 aliphatic carbocycles. The molecule has 166 valence electrons. The van der Waals surface area contributed by atoms with Gasteiger partial charge in [-0.15, -0.1) is 0 Å². The van der Waals surface area contributed by atoms with E-state index in [-0.39, 0.29) is 12.5 Å². The van der Waals surface area contributed by atoms with E-state index in [1.54, 1.807) is 0 Å². The molecule has 0 bridgehead atoms. The van der Waals surface area contributed by atoms with Gasteiger partial charge in [-0.05, 0) is 80.0 Å². The predicted molar refractivity (Wildman–Crippen MR) is 117 cm³/mol. The van der Waals surface area contributed by atoms with E-state index in [1.165, 1.54) is 70.6 Å². The van der Waals surface area contributed by atoms with Crippen molar-refractivity contribution in [3.05, 3.63) is 0 Å². The lowest BCUT2D eigenvalue weighted by atomic mass is 9.51. The third kappa shape index (κ3) is 5.98. The Bertz CT molecular complexity index is 562. The Balaban J connectivity index is 1.51. The van der Waals surface area contributed by atoms with Crippen LogP contribution in [0.4, 0.5) is 0 Å². The molecule has 0 aromatic heterocycles. The van der Waals surface area contributed by atoms with Gasteiger partial charge in [-0.1, -0.05) is 52.4 Å². The molecule has 3 aliphatic rings. The summed E-state index contributed by atoms with van der Waals surface area (Å²) in [5.41, 5.74) is 0.621. The summed E-state index contributed by atoms with van der Waals surface area (Å²) in [7, 11) is 0. The maximum Gasteiger partial charge on any atom is 0.322 e. The lowest BCUT2D eigenvalue weighted by Gasteiger charge is -2.54. The molecule has 0 radical (unpaired) electrons. The number of rotatable bonds is 6. The summed E-state index contributed by atoms with van der Waals surface area (Å²) < 4.78 is 0. The van der Waals surface area contributed by atoms with E-state index in [4.69, 9.17) is 5.11 Å². The van der Waals surface area contributed by atoms with Gasteiger partial charge in [0.05, 0.1) is 0 Å². The summed E-state index contributed by atoms with van der Waals surface area (Å²) in [5.74, 6) is 3.34. The number of carbonyl (C=O) groups excluding carboxylic acids is 1. The minimum atomic E-state index is -0.973. The van der Waals surface area contributed by atoms with Crippen molar-refractivity contribution in [3.63, 3.8) is 0 Å². The van der Waals surface area contributed by atoms with Crippen LogP contribution in [-0.2, 0) is 9.59 Å². The summed E-state index contributed by atoms with van der Waals surface area (Å²) in [5, 5.41) is 11.1. The van der Waals surface area contributed by atoms with Gasteiger partial charge in [0.25, 0.3) is 0 Å². The number of amides is 1. The first-order valence-corrected chi connectivity index (χ1v) is 12.4. The van der Waals surface area contributed by atoms with E-state index in [0.29, 0.717) is 11.8 Å². The zero-order valence-electron chi connectivity index (χ0n) is 18.8. The van der Waals surface area contributed by atoms with Gasteiger partial charge in [0.2, 0.25) is 5.91 Å². The van der Waals surface area contributed by atoms with Crippen LogP contribution in [-0.4, -0.2) is 23.5 Å². The van der Waals surface area contributed by atoms with Crippen molar-refractivity contribution in [2.75, 3.05) is 6.54 Å². The van der Waals surface area contributed by atoms with Crippen molar-refractivity contribution in [2.45, 2.75) is 104 Å². The maximum absolute atomic E-state index is 11.8. The number of fused-ring (bicyclic) bond motifs is 3. The molecule has 3 saturated carbocycles. The van der Waals surface area contributed by atoms with Crippen LogP contribution < -0.4 is 5.32 Å². The average molecular weight is 406 g/mol.